The van der Waals surface area contributed by atoms with E-state index in [1.54, 1.807) is 29.7 Å². The van der Waals surface area contributed by atoms with Crippen molar-refractivity contribution in [3.63, 3.8) is 0 Å². The minimum absolute atomic E-state index is 0. The molecule has 0 fully saturated rings. The minimum atomic E-state index is 0. The summed E-state index contributed by atoms with van der Waals surface area (Å²) in [5.41, 5.74) is 1.05. The predicted molar refractivity (Wildman–Crippen MR) is 88.1 cm³/mol. The third kappa shape index (κ3) is 4.86. The van der Waals surface area contributed by atoms with Crippen LogP contribution in [0.4, 0.5) is 0 Å². The second-order valence-electron chi connectivity index (χ2n) is 4.15. The number of nitrogens with zero attached hydrogens (tertiary/aromatic N) is 1. The van der Waals surface area contributed by atoms with E-state index < -0.39 is 0 Å². The van der Waals surface area contributed by atoms with Crippen LogP contribution in [0.5, 0.6) is 0 Å². The zero-order chi connectivity index (χ0) is 13.7. The molecule has 110 valence electrons. The van der Waals surface area contributed by atoms with Crippen LogP contribution in [0.25, 0.3) is 10.6 Å². The summed E-state index contributed by atoms with van der Waals surface area (Å²) in [7, 11) is 1.76. The van der Waals surface area contributed by atoms with E-state index >= 15 is 0 Å². The number of thiophene rings is 1. The number of carbonyl (C=O) groups is 1. The molecule has 0 unspecified atom stereocenters. The number of carbonyl (C=O) groups excluding carboxylic acids is 1. The summed E-state index contributed by atoms with van der Waals surface area (Å²) in [6.45, 7) is 3.06. The van der Waals surface area contributed by atoms with E-state index in [1.165, 1.54) is 9.75 Å². The van der Waals surface area contributed by atoms with Crippen LogP contribution in [-0.4, -0.2) is 31.0 Å². The zero-order valence-corrected chi connectivity index (χ0v) is 13.9. The molecule has 2 aromatic rings. The van der Waals surface area contributed by atoms with Gasteiger partial charge in [-0.2, -0.15) is 0 Å². The number of likely N-dealkylation sites (N-methyl/N-ethyl adjacent to an activating group) is 1. The Labute approximate surface area is 133 Å². The summed E-state index contributed by atoms with van der Waals surface area (Å²) in [5.74, 6) is 0.0365. The molecule has 0 aliphatic rings. The highest BCUT2D eigenvalue weighted by Gasteiger charge is 2.06. The molecule has 4 nitrogen and oxygen atoms in total. The first kappa shape index (κ1) is 17.1. The lowest BCUT2D eigenvalue weighted by atomic mass is 10.3. The van der Waals surface area contributed by atoms with E-state index in [0.717, 1.165) is 17.1 Å². The third-order valence-corrected chi connectivity index (χ3v) is 4.51. The van der Waals surface area contributed by atoms with Crippen molar-refractivity contribution < 1.29 is 4.79 Å². The fourth-order valence-electron chi connectivity index (χ4n) is 1.67. The molecule has 0 aromatic carbocycles. The van der Waals surface area contributed by atoms with Gasteiger partial charge in [0, 0.05) is 16.8 Å². The van der Waals surface area contributed by atoms with Crippen LogP contribution in [0.15, 0.2) is 17.5 Å². The molecule has 0 bridgehead atoms. The maximum Gasteiger partial charge on any atom is 0.233 e. The van der Waals surface area contributed by atoms with Crippen molar-refractivity contribution in [2.75, 3.05) is 20.1 Å². The normalized spacial score (nSPS) is 10.1. The van der Waals surface area contributed by atoms with Crippen molar-refractivity contribution in [3.8, 4) is 10.6 Å². The summed E-state index contributed by atoms with van der Waals surface area (Å²) in [5, 5.41) is 8.87. The van der Waals surface area contributed by atoms with Crippen LogP contribution < -0.4 is 10.6 Å². The maximum absolute atomic E-state index is 11.3. The molecule has 0 saturated carbocycles. The Morgan fingerprint density at radius 1 is 1.40 bits per heavy atom. The first-order chi connectivity index (χ1) is 9.19. The first-order valence-electron chi connectivity index (χ1n) is 6.11. The van der Waals surface area contributed by atoms with Crippen LogP contribution in [0.3, 0.4) is 0 Å². The number of aryl methyl sites for hydroxylation is 1. The molecule has 0 spiro atoms. The Morgan fingerprint density at radius 3 is 2.85 bits per heavy atom. The lowest BCUT2D eigenvalue weighted by Crippen LogP contribution is -2.33. The fourth-order valence-corrected chi connectivity index (χ4v) is 3.33. The zero-order valence-electron chi connectivity index (χ0n) is 11.4. The number of hydrogen-bond acceptors (Lipinski definition) is 5. The van der Waals surface area contributed by atoms with Gasteiger partial charge in [0.15, 0.2) is 0 Å². The molecule has 2 aromatic heterocycles. The molecule has 1 amide bonds. The molecule has 2 heterocycles. The quantitative estimate of drug-likeness (QED) is 0.855. The van der Waals surface area contributed by atoms with E-state index in [4.69, 9.17) is 0 Å². The number of aromatic nitrogens is 1. The smallest absolute Gasteiger partial charge is 0.233 e. The second-order valence-corrected chi connectivity index (χ2v) is 6.38. The van der Waals surface area contributed by atoms with Crippen LogP contribution in [0.2, 0.25) is 0 Å². The third-order valence-electron chi connectivity index (χ3n) is 2.56. The molecule has 0 aliphatic carbocycles. The molecule has 0 saturated heterocycles. The van der Waals surface area contributed by atoms with Gasteiger partial charge in [0.1, 0.15) is 0 Å². The van der Waals surface area contributed by atoms with Crippen LogP contribution in [0, 0.1) is 6.92 Å². The van der Waals surface area contributed by atoms with Gasteiger partial charge in [-0.05, 0) is 32.5 Å². The highest BCUT2D eigenvalue weighted by molar-refractivity contribution is 7.16. The van der Waals surface area contributed by atoms with Crippen molar-refractivity contribution in [1.82, 2.24) is 15.6 Å². The molecule has 0 aliphatic heterocycles. The largest absolute Gasteiger partial charge is 0.355 e. The Kier molecular flexibility index (Phi) is 7.15. The highest BCUT2D eigenvalue weighted by Crippen LogP contribution is 2.29. The van der Waals surface area contributed by atoms with Gasteiger partial charge >= 0.3 is 0 Å². The SMILES string of the molecule is CNCC(=O)NCCc1ccc(-c2csc(C)n2)s1.Cl. The van der Waals surface area contributed by atoms with Gasteiger partial charge < -0.3 is 10.6 Å². The first-order valence-corrected chi connectivity index (χ1v) is 7.81. The van der Waals surface area contributed by atoms with Gasteiger partial charge in [0.2, 0.25) is 5.91 Å². The number of thiazole rings is 1. The summed E-state index contributed by atoms with van der Waals surface area (Å²) in [6.07, 6.45) is 0.864. The van der Waals surface area contributed by atoms with Crippen molar-refractivity contribution in [3.05, 3.63) is 27.4 Å². The number of amides is 1. The molecular formula is C13H18ClN3OS2. The Morgan fingerprint density at radius 2 is 2.20 bits per heavy atom. The van der Waals surface area contributed by atoms with Crippen LogP contribution in [0.1, 0.15) is 9.88 Å². The molecule has 0 atom stereocenters. The lowest BCUT2D eigenvalue weighted by molar-refractivity contribution is -0.120. The van der Waals surface area contributed by atoms with Gasteiger partial charge in [0.05, 0.1) is 22.1 Å². The highest BCUT2D eigenvalue weighted by atomic mass is 35.5. The Balaban J connectivity index is 0.00000200. The number of nitrogens with one attached hydrogen (secondary N) is 2. The predicted octanol–water partition coefficient (Wildman–Crippen LogP) is 2.48. The topological polar surface area (TPSA) is 54.0 Å². The van der Waals surface area contributed by atoms with Crippen LogP contribution in [-0.2, 0) is 11.2 Å². The molecule has 20 heavy (non-hydrogen) atoms. The standard InChI is InChI=1S/C13H17N3OS2.ClH/c1-9-16-11(8-18-9)12-4-3-10(19-12)5-6-15-13(17)7-14-2;/h3-4,8,14H,5-7H2,1-2H3,(H,15,17);1H. The van der Waals surface area contributed by atoms with Gasteiger partial charge in [-0.1, -0.05) is 0 Å². The number of hydrogen-bond donors (Lipinski definition) is 2. The van der Waals surface area contributed by atoms with Crippen molar-refractivity contribution >= 4 is 41.0 Å². The molecule has 2 N–H and O–H groups in total. The molecule has 0 radical (unpaired) electrons. The van der Waals surface area contributed by atoms with Gasteiger partial charge in [-0.15, -0.1) is 35.1 Å². The second kappa shape index (κ2) is 8.36. The maximum atomic E-state index is 11.3. The van der Waals surface area contributed by atoms with Crippen molar-refractivity contribution in [2.24, 2.45) is 0 Å². The van der Waals surface area contributed by atoms with Gasteiger partial charge in [-0.25, -0.2) is 4.98 Å². The van der Waals surface area contributed by atoms with Gasteiger partial charge in [-0.3, -0.25) is 4.79 Å². The fraction of sp³-hybridized carbons (Fsp3) is 0.385. The lowest BCUT2D eigenvalue weighted by Gasteiger charge is -2.02. The monoisotopic (exact) mass is 331 g/mol. The summed E-state index contributed by atoms with van der Waals surface area (Å²) in [6, 6.07) is 4.21. The van der Waals surface area contributed by atoms with Gasteiger partial charge in [0.25, 0.3) is 0 Å². The average Bonchev–Trinajstić information content (AvgIpc) is 2.98. The summed E-state index contributed by atoms with van der Waals surface area (Å²) in [4.78, 5) is 18.2. The Bertz CT molecular complexity index is 553. The van der Waals surface area contributed by atoms with E-state index in [9.17, 15) is 4.79 Å². The molecular weight excluding hydrogens is 314 g/mol. The van der Waals surface area contributed by atoms with Crippen molar-refractivity contribution in [2.45, 2.75) is 13.3 Å². The average molecular weight is 332 g/mol. The van der Waals surface area contributed by atoms with E-state index in [-0.39, 0.29) is 18.3 Å². The summed E-state index contributed by atoms with van der Waals surface area (Å²) < 4.78 is 0. The van der Waals surface area contributed by atoms with E-state index in [1.807, 2.05) is 6.92 Å². The minimum Gasteiger partial charge on any atom is -0.355 e. The number of rotatable bonds is 6. The molecule has 7 heteroatoms. The molecule has 2 rings (SSSR count). The van der Waals surface area contributed by atoms with E-state index in [2.05, 4.69) is 33.1 Å². The van der Waals surface area contributed by atoms with E-state index in [0.29, 0.717) is 13.1 Å². The summed E-state index contributed by atoms with van der Waals surface area (Å²) >= 11 is 3.41. The Hall–Kier alpha value is -0.950. The number of halogens is 1. The van der Waals surface area contributed by atoms with Crippen LogP contribution >= 0.6 is 35.1 Å². The van der Waals surface area contributed by atoms with Crippen molar-refractivity contribution in [1.29, 1.82) is 0 Å².